The lowest BCUT2D eigenvalue weighted by Gasteiger charge is -1.92. The van der Waals surface area contributed by atoms with Gasteiger partial charge in [0.25, 0.3) is 0 Å². The SMILES string of the molecule is Clc1ccsc1/C=N/NC1CC1. The maximum Gasteiger partial charge on any atom is 0.0657 e. The average Bonchev–Trinajstić information content (AvgIpc) is 2.78. The van der Waals surface area contributed by atoms with Gasteiger partial charge >= 0.3 is 0 Å². The van der Waals surface area contributed by atoms with Gasteiger partial charge in [0, 0.05) is 6.04 Å². The Morgan fingerprint density at radius 2 is 2.50 bits per heavy atom. The van der Waals surface area contributed by atoms with Gasteiger partial charge in [-0.15, -0.1) is 11.3 Å². The van der Waals surface area contributed by atoms with E-state index >= 15 is 0 Å². The van der Waals surface area contributed by atoms with Crippen LogP contribution in [0, 0.1) is 0 Å². The molecule has 1 heterocycles. The predicted molar refractivity (Wildman–Crippen MR) is 53.1 cm³/mol. The van der Waals surface area contributed by atoms with Crippen LogP contribution in [0.15, 0.2) is 16.5 Å². The van der Waals surface area contributed by atoms with E-state index in [4.69, 9.17) is 11.6 Å². The normalized spacial score (nSPS) is 17.1. The molecule has 1 aromatic heterocycles. The first kappa shape index (κ1) is 8.08. The van der Waals surface area contributed by atoms with E-state index in [0.29, 0.717) is 6.04 Å². The summed E-state index contributed by atoms with van der Waals surface area (Å²) < 4.78 is 0. The molecule has 0 radical (unpaired) electrons. The molecule has 0 atom stereocenters. The summed E-state index contributed by atoms with van der Waals surface area (Å²) in [6, 6.07) is 2.49. The Labute approximate surface area is 80.2 Å². The highest BCUT2D eigenvalue weighted by Gasteiger charge is 2.19. The molecular weight excluding hydrogens is 192 g/mol. The molecule has 64 valence electrons. The van der Waals surface area contributed by atoms with Gasteiger partial charge in [-0.1, -0.05) is 11.6 Å². The zero-order valence-corrected chi connectivity index (χ0v) is 8.03. The first-order chi connectivity index (χ1) is 5.86. The largest absolute Gasteiger partial charge is 0.307 e. The maximum atomic E-state index is 5.86. The molecule has 1 aliphatic rings. The maximum absolute atomic E-state index is 5.86. The van der Waals surface area contributed by atoms with Crippen molar-refractivity contribution in [2.24, 2.45) is 5.10 Å². The molecule has 1 aliphatic carbocycles. The second kappa shape index (κ2) is 3.46. The van der Waals surface area contributed by atoms with Crippen LogP contribution in [0.5, 0.6) is 0 Å². The Morgan fingerprint density at radius 1 is 1.67 bits per heavy atom. The zero-order valence-electron chi connectivity index (χ0n) is 6.46. The summed E-state index contributed by atoms with van der Waals surface area (Å²) in [4.78, 5) is 1.02. The number of nitrogens with one attached hydrogen (secondary N) is 1. The third-order valence-electron chi connectivity index (χ3n) is 1.66. The van der Waals surface area contributed by atoms with Crippen molar-refractivity contribution in [1.29, 1.82) is 0 Å². The van der Waals surface area contributed by atoms with Gasteiger partial charge in [-0.05, 0) is 24.3 Å². The van der Waals surface area contributed by atoms with E-state index in [1.54, 1.807) is 17.6 Å². The molecule has 0 spiro atoms. The van der Waals surface area contributed by atoms with E-state index in [9.17, 15) is 0 Å². The molecule has 12 heavy (non-hydrogen) atoms. The Kier molecular flexibility index (Phi) is 2.33. The minimum absolute atomic E-state index is 0.611. The summed E-state index contributed by atoms with van der Waals surface area (Å²) in [6.45, 7) is 0. The van der Waals surface area contributed by atoms with Crippen LogP contribution < -0.4 is 5.43 Å². The molecule has 2 nitrogen and oxygen atoms in total. The van der Waals surface area contributed by atoms with Gasteiger partial charge in [0.1, 0.15) is 0 Å². The van der Waals surface area contributed by atoms with Crippen molar-refractivity contribution in [1.82, 2.24) is 5.43 Å². The minimum atomic E-state index is 0.611. The predicted octanol–water partition coefficient (Wildman–Crippen LogP) is 2.49. The van der Waals surface area contributed by atoms with Crippen LogP contribution in [0.1, 0.15) is 17.7 Å². The number of hydrogen-bond donors (Lipinski definition) is 1. The van der Waals surface area contributed by atoms with Crippen molar-refractivity contribution >= 4 is 29.2 Å². The molecule has 1 saturated carbocycles. The lowest BCUT2D eigenvalue weighted by Crippen LogP contribution is -2.07. The van der Waals surface area contributed by atoms with E-state index in [1.807, 2.05) is 11.4 Å². The van der Waals surface area contributed by atoms with E-state index in [1.165, 1.54) is 12.8 Å². The summed E-state index contributed by atoms with van der Waals surface area (Å²) in [5.74, 6) is 0. The number of hydrazone groups is 1. The number of rotatable bonds is 3. The van der Waals surface area contributed by atoms with Crippen molar-refractivity contribution in [2.45, 2.75) is 18.9 Å². The standard InChI is InChI=1S/C8H9ClN2S/c9-7-3-4-12-8(7)5-10-11-6-1-2-6/h3-6,11H,1-2H2/b10-5+. The monoisotopic (exact) mass is 200 g/mol. The highest BCUT2D eigenvalue weighted by molar-refractivity contribution is 7.12. The minimum Gasteiger partial charge on any atom is -0.307 e. The summed E-state index contributed by atoms with van der Waals surface area (Å²) in [5.41, 5.74) is 3.04. The highest BCUT2D eigenvalue weighted by Crippen LogP contribution is 2.20. The third-order valence-corrected chi connectivity index (χ3v) is 2.95. The number of thiophene rings is 1. The Bertz CT molecular complexity index is 291. The summed E-state index contributed by atoms with van der Waals surface area (Å²) in [5, 5.41) is 6.83. The Balaban J connectivity index is 1.92. The number of hydrogen-bond acceptors (Lipinski definition) is 3. The third kappa shape index (κ3) is 1.99. The summed E-state index contributed by atoms with van der Waals surface area (Å²) in [6.07, 6.45) is 4.27. The first-order valence-corrected chi connectivity index (χ1v) is 5.13. The van der Waals surface area contributed by atoms with Crippen LogP contribution in [0.4, 0.5) is 0 Å². The Hall–Kier alpha value is -0.540. The van der Waals surface area contributed by atoms with Crippen LogP contribution in [-0.4, -0.2) is 12.3 Å². The van der Waals surface area contributed by atoms with Gasteiger partial charge in [-0.25, -0.2) is 0 Å². The van der Waals surface area contributed by atoms with Crippen LogP contribution >= 0.6 is 22.9 Å². The highest BCUT2D eigenvalue weighted by atomic mass is 35.5. The fourth-order valence-corrected chi connectivity index (χ4v) is 1.78. The molecule has 0 bridgehead atoms. The van der Waals surface area contributed by atoms with E-state index in [2.05, 4.69) is 10.5 Å². The molecule has 0 unspecified atom stereocenters. The van der Waals surface area contributed by atoms with Gasteiger partial charge in [0.15, 0.2) is 0 Å². The van der Waals surface area contributed by atoms with Crippen molar-refractivity contribution in [3.8, 4) is 0 Å². The quantitative estimate of drug-likeness (QED) is 0.589. The molecule has 2 rings (SSSR count). The Morgan fingerprint density at radius 3 is 3.08 bits per heavy atom. The molecular formula is C8H9ClN2S. The van der Waals surface area contributed by atoms with Crippen molar-refractivity contribution in [3.05, 3.63) is 21.3 Å². The molecule has 1 aromatic rings. The molecule has 0 aromatic carbocycles. The first-order valence-electron chi connectivity index (χ1n) is 3.88. The fraction of sp³-hybridized carbons (Fsp3) is 0.375. The van der Waals surface area contributed by atoms with E-state index in [-0.39, 0.29) is 0 Å². The molecule has 1 fully saturated rings. The van der Waals surface area contributed by atoms with Gasteiger partial charge in [-0.3, -0.25) is 0 Å². The second-order valence-corrected chi connectivity index (χ2v) is 4.15. The van der Waals surface area contributed by atoms with E-state index < -0.39 is 0 Å². The lowest BCUT2D eigenvalue weighted by molar-refractivity contribution is 0.742. The summed E-state index contributed by atoms with van der Waals surface area (Å²) in [7, 11) is 0. The van der Waals surface area contributed by atoms with Crippen molar-refractivity contribution in [3.63, 3.8) is 0 Å². The summed E-state index contributed by atoms with van der Waals surface area (Å²) >= 11 is 7.46. The van der Waals surface area contributed by atoms with Crippen LogP contribution in [0.3, 0.4) is 0 Å². The average molecular weight is 201 g/mol. The number of nitrogens with zero attached hydrogens (tertiary/aromatic N) is 1. The molecule has 0 aliphatic heterocycles. The van der Waals surface area contributed by atoms with Gasteiger partial charge < -0.3 is 5.43 Å². The van der Waals surface area contributed by atoms with Crippen LogP contribution in [0.25, 0.3) is 0 Å². The van der Waals surface area contributed by atoms with Crippen molar-refractivity contribution < 1.29 is 0 Å². The molecule has 0 saturated heterocycles. The molecule has 1 N–H and O–H groups in total. The fourth-order valence-electron chi connectivity index (χ4n) is 0.811. The molecule has 0 amide bonds. The zero-order chi connectivity index (χ0) is 8.39. The van der Waals surface area contributed by atoms with E-state index in [0.717, 1.165) is 9.90 Å². The smallest absolute Gasteiger partial charge is 0.0657 e. The number of halogens is 1. The topological polar surface area (TPSA) is 24.4 Å². The lowest BCUT2D eigenvalue weighted by atomic mass is 10.5. The van der Waals surface area contributed by atoms with Crippen molar-refractivity contribution in [2.75, 3.05) is 0 Å². The molecule has 4 heteroatoms. The van der Waals surface area contributed by atoms with Gasteiger partial charge in [-0.2, -0.15) is 5.10 Å². The van der Waals surface area contributed by atoms with Crippen LogP contribution in [0.2, 0.25) is 5.02 Å². The van der Waals surface area contributed by atoms with Gasteiger partial charge in [0.05, 0.1) is 16.1 Å². The van der Waals surface area contributed by atoms with Gasteiger partial charge in [0.2, 0.25) is 0 Å². The van der Waals surface area contributed by atoms with Crippen LogP contribution in [-0.2, 0) is 0 Å². The second-order valence-electron chi connectivity index (χ2n) is 2.79.